The molecule has 1 unspecified atom stereocenters. The lowest BCUT2D eigenvalue weighted by Crippen LogP contribution is -2.47. The lowest BCUT2D eigenvalue weighted by molar-refractivity contribution is -0.384. The summed E-state index contributed by atoms with van der Waals surface area (Å²) in [6.07, 6.45) is 1.51. The maximum atomic E-state index is 12.7. The van der Waals surface area contributed by atoms with Gasteiger partial charge in [0.1, 0.15) is 5.69 Å². The molecule has 0 aliphatic heterocycles. The lowest BCUT2D eigenvalue weighted by atomic mass is 9.86. The van der Waals surface area contributed by atoms with E-state index in [-0.39, 0.29) is 41.0 Å². The van der Waals surface area contributed by atoms with Gasteiger partial charge >= 0.3 is 0 Å². The third-order valence-corrected chi connectivity index (χ3v) is 4.09. The molecule has 0 saturated carbocycles. The molecule has 2 rings (SSSR count). The first-order valence-electron chi connectivity index (χ1n) is 7.84. The van der Waals surface area contributed by atoms with E-state index in [1.54, 1.807) is 25.2 Å². The van der Waals surface area contributed by atoms with Gasteiger partial charge in [0, 0.05) is 19.3 Å². The van der Waals surface area contributed by atoms with E-state index < -0.39 is 4.92 Å². The number of para-hydroxylation sites is 2. The number of aliphatic hydroxyl groups is 1. The Morgan fingerprint density at radius 3 is 2.56 bits per heavy atom. The number of aliphatic hydroxyl groups excluding tert-OH is 1. The molecular formula is C17H22N4O4. The summed E-state index contributed by atoms with van der Waals surface area (Å²) in [7, 11) is 1.61. The van der Waals surface area contributed by atoms with Gasteiger partial charge in [-0.25, -0.2) is 4.68 Å². The van der Waals surface area contributed by atoms with Gasteiger partial charge in [-0.2, -0.15) is 5.10 Å². The van der Waals surface area contributed by atoms with Gasteiger partial charge in [0.2, 0.25) is 0 Å². The van der Waals surface area contributed by atoms with Crippen molar-refractivity contribution in [1.29, 1.82) is 0 Å². The molecule has 8 heteroatoms. The number of hydrogen-bond donors (Lipinski definition) is 1. The molecule has 0 aliphatic rings. The van der Waals surface area contributed by atoms with Crippen LogP contribution in [0.15, 0.2) is 36.5 Å². The maximum absolute atomic E-state index is 12.7. The van der Waals surface area contributed by atoms with Crippen molar-refractivity contribution in [2.75, 3.05) is 13.7 Å². The second kappa shape index (κ2) is 7.02. The van der Waals surface area contributed by atoms with Crippen LogP contribution < -0.4 is 0 Å². The van der Waals surface area contributed by atoms with Gasteiger partial charge in [-0.15, -0.1) is 0 Å². The maximum Gasteiger partial charge on any atom is 0.294 e. The average Bonchev–Trinajstić information content (AvgIpc) is 3.03. The normalized spacial score (nSPS) is 12.7. The second-order valence-electron chi connectivity index (χ2n) is 6.87. The summed E-state index contributed by atoms with van der Waals surface area (Å²) < 4.78 is 1.31. The first-order valence-corrected chi connectivity index (χ1v) is 7.84. The monoisotopic (exact) mass is 346 g/mol. The number of amides is 1. The molecule has 0 bridgehead atoms. The highest BCUT2D eigenvalue weighted by Crippen LogP contribution is 2.25. The number of benzene rings is 1. The number of nitro benzene ring substituents is 1. The summed E-state index contributed by atoms with van der Waals surface area (Å²) in [6, 6.07) is 7.31. The fraction of sp³-hybridized carbons (Fsp3) is 0.412. The average molecular weight is 346 g/mol. The van der Waals surface area contributed by atoms with E-state index in [9.17, 15) is 20.0 Å². The molecule has 25 heavy (non-hydrogen) atoms. The molecule has 8 nitrogen and oxygen atoms in total. The van der Waals surface area contributed by atoms with E-state index in [4.69, 9.17) is 0 Å². The topological polar surface area (TPSA) is 102 Å². The lowest BCUT2D eigenvalue weighted by Gasteiger charge is -2.36. The van der Waals surface area contributed by atoms with E-state index in [0.29, 0.717) is 0 Å². The standard InChI is InChI=1S/C17H22N4O4/c1-17(2,3)15(11-22)19(4)16(23)12-9-10-20(18-12)13-7-5-6-8-14(13)21(24)25/h5-10,15,22H,11H2,1-4H3. The van der Waals surface area contributed by atoms with Crippen molar-refractivity contribution in [3.8, 4) is 5.69 Å². The summed E-state index contributed by atoms with van der Waals surface area (Å²) in [4.78, 5) is 24.8. The Balaban J connectivity index is 2.33. The molecule has 1 aromatic carbocycles. The Bertz CT molecular complexity index is 779. The molecular weight excluding hydrogens is 324 g/mol. The van der Waals surface area contributed by atoms with Crippen LogP contribution in [0.4, 0.5) is 5.69 Å². The summed E-state index contributed by atoms with van der Waals surface area (Å²) in [5.41, 5.74) is 0.0351. The molecule has 0 saturated heterocycles. The highest BCUT2D eigenvalue weighted by Gasteiger charge is 2.32. The van der Waals surface area contributed by atoms with Gasteiger partial charge in [-0.05, 0) is 17.5 Å². The number of rotatable bonds is 5. The summed E-state index contributed by atoms with van der Waals surface area (Å²) in [5.74, 6) is -0.355. The van der Waals surface area contributed by atoms with E-state index in [1.807, 2.05) is 20.8 Å². The largest absolute Gasteiger partial charge is 0.394 e. The summed E-state index contributed by atoms with van der Waals surface area (Å²) in [5, 5.41) is 24.9. The zero-order chi connectivity index (χ0) is 18.8. The molecule has 0 aliphatic carbocycles. The van der Waals surface area contributed by atoms with Crippen LogP contribution in [-0.4, -0.2) is 50.3 Å². The molecule has 1 aromatic heterocycles. The predicted octanol–water partition coefficient (Wildman–Crippen LogP) is 2.26. The Labute approximate surface area is 145 Å². The van der Waals surface area contributed by atoms with E-state index in [1.165, 1.54) is 27.9 Å². The Kier molecular flexibility index (Phi) is 5.22. The number of nitro groups is 1. The zero-order valence-electron chi connectivity index (χ0n) is 14.7. The van der Waals surface area contributed by atoms with Crippen LogP contribution in [0.5, 0.6) is 0 Å². The van der Waals surface area contributed by atoms with Gasteiger partial charge in [-0.3, -0.25) is 14.9 Å². The molecule has 1 atom stereocenters. The number of hydrogen-bond acceptors (Lipinski definition) is 5. The smallest absolute Gasteiger partial charge is 0.294 e. The van der Waals surface area contributed by atoms with Crippen molar-refractivity contribution < 1.29 is 14.8 Å². The molecule has 0 radical (unpaired) electrons. The highest BCUT2D eigenvalue weighted by molar-refractivity contribution is 5.92. The number of likely N-dealkylation sites (N-methyl/N-ethyl adjacent to an activating group) is 1. The minimum Gasteiger partial charge on any atom is -0.394 e. The van der Waals surface area contributed by atoms with Crippen molar-refractivity contribution in [2.45, 2.75) is 26.8 Å². The highest BCUT2D eigenvalue weighted by atomic mass is 16.6. The van der Waals surface area contributed by atoms with Gasteiger partial charge in [0.15, 0.2) is 5.69 Å². The van der Waals surface area contributed by atoms with Crippen LogP contribution in [0.2, 0.25) is 0 Å². The van der Waals surface area contributed by atoms with Crippen LogP contribution in [0, 0.1) is 15.5 Å². The van der Waals surface area contributed by atoms with E-state index in [0.717, 1.165) is 0 Å². The Morgan fingerprint density at radius 2 is 2.00 bits per heavy atom. The van der Waals surface area contributed by atoms with Crippen LogP contribution in [0.1, 0.15) is 31.3 Å². The first-order chi connectivity index (χ1) is 11.7. The number of carbonyl (C=O) groups excluding carboxylic acids is 1. The Morgan fingerprint density at radius 1 is 1.36 bits per heavy atom. The first kappa shape index (κ1) is 18.6. The summed E-state index contributed by atoms with van der Waals surface area (Å²) in [6.45, 7) is 5.63. The third kappa shape index (κ3) is 3.85. The number of aromatic nitrogens is 2. The second-order valence-corrected chi connectivity index (χ2v) is 6.87. The minimum absolute atomic E-state index is 0.0964. The Hall–Kier alpha value is -2.74. The van der Waals surface area contributed by atoms with Crippen molar-refractivity contribution in [2.24, 2.45) is 5.41 Å². The number of carbonyl (C=O) groups is 1. The van der Waals surface area contributed by atoms with Crippen molar-refractivity contribution in [3.63, 3.8) is 0 Å². The van der Waals surface area contributed by atoms with E-state index >= 15 is 0 Å². The van der Waals surface area contributed by atoms with Crippen LogP contribution >= 0.6 is 0 Å². The van der Waals surface area contributed by atoms with Gasteiger partial charge in [0.05, 0.1) is 17.6 Å². The minimum atomic E-state index is -0.494. The SMILES string of the molecule is CN(C(=O)c1ccn(-c2ccccc2[N+](=O)[O-])n1)C(CO)C(C)(C)C. The molecule has 1 heterocycles. The van der Waals surface area contributed by atoms with Crippen LogP contribution in [0.3, 0.4) is 0 Å². The molecule has 134 valence electrons. The molecule has 1 amide bonds. The van der Waals surface area contributed by atoms with E-state index in [2.05, 4.69) is 5.10 Å². The van der Waals surface area contributed by atoms with Gasteiger partial charge < -0.3 is 10.0 Å². The molecule has 1 N–H and O–H groups in total. The molecule has 0 fully saturated rings. The third-order valence-electron chi connectivity index (χ3n) is 4.09. The van der Waals surface area contributed by atoms with Gasteiger partial charge in [0.25, 0.3) is 11.6 Å². The summed E-state index contributed by atoms with van der Waals surface area (Å²) >= 11 is 0. The quantitative estimate of drug-likeness (QED) is 0.661. The molecule has 2 aromatic rings. The fourth-order valence-corrected chi connectivity index (χ4v) is 2.68. The molecule has 0 spiro atoms. The van der Waals surface area contributed by atoms with Crippen molar-refractivity contribution in [1.82, 2.24) is 14.7 Å². The van der Waals surface area contributed by atoms with Crippen LogP contribution in [0.25, 0.3) is 5.69 Å². The van der Waals surface area contributed by atoms with Crippen molar-refractivity contribution >= 4 is 11.6 Å². The zero-order valence-corrected chi connectivity index (χ0v) is 14.7. The van der Waals surface area contributed by atoms with Gasteiger partial charge in [-0.1, -0.05) is 32.9 Å². The van der Waals surface area contributed by atoms with Crippen molar-refractivity contribution in [3.05, 3.63) is 52.3 Å². The fourth-order valence-electron chi connectivity index (χ4n) is 2.68. The predicted molar refractivity (Wildman–Crippen MR) is 92.6 cm³/mol. The number of nitrogens with zero attached hydrogens (tertiary/aromatic N) is 4. The van der Waals surface area contributed by atoms with Crippen LogP contribution in [-0.2, 0) is 0 Å².